The van der Waals surface area contributed by atoms with E-state index in [9.17, 15) is 22.4 Å². The molecule has 0 aliphatic carbocycles. The minimum atomic E-state index is -4.73. The van der Waals surface area contributed by atoms with E-state index in [4.69, 9.17) is 5.26 Å². The third-order valence-electron chi connectivity index (χ3n) is 3.55. The first-order valence-electron chi connectivity index (χ1n) is 7.51. The van der Waals surface area contributed by atoms with Crippen molar-refractivity contribution in [2.24, 2.45) is 0 Å². The minimum Gasteiger partial charge on any atom is -0.298 e. The zero-order valence-electron chi connectivity index (χ0n) is 13.3. The number of alkyl halides is 3. The molecule has 0 spiro atoms. The molecule has 0 saturated heterocycles. The summed E-state index contributed by atoms with van der Waals surface area (Å²) in [7, 11) is 0. The van der Waals surface area contributed by atoms with Crippen LogP contribution in [0.25, 0.3) is 0 Å². The van der Waals surface area contributed by atoms with Crippen molar-refractivity contribution >= 4 is 5.78 Å². The van der Waals surface area contributed by atoms with Crippen LogP contribution in [0.5, 0.6) is 0 Å². The van der Waals surface area contributed by atoms with Gasteiger partial charge in [0.1, 0.15) is 11.9 Å². The molecule has 138 valence electrons. The van der Waals surface area contributed by atoms with Crippen LogP contribution in [0.4, 0.5) is 17.6 Å². The van der Waals surface area contributed by atoms with Gasteiger partial charge in [0.05, 0.1) is 12.1 Å². The van der Waals surface area contributed by atoms with Gasteiger partial charge in [-0.2, -0.15) is 23.6 Å². The third kappa shape index (κ3) is 5.32. The number of H-pyrrole nitrogens is 1. The zero-order valence-corrected chi connectivity index (χ0v) is 13.3. The maximum absolute atomic E-state index is 13.5. The molecule has 2 N–H and O–H groups in total. The first-order valence-corrected chi connectivity index (χ1v) is 7.51. The molecule has 11 heteroatoms. The molecule has 0 saturated carbocycles. The minimum absolute atomic E-state index is 0.0489. The van der Waals surface area contributed by atoms with Crippen LogP contribution in [-0.4, -0.2) is 38.6 Å². The summed E-state index contributed by atoms with van der Waals surface area (Å²) in [4.78, 5) is 12.2. The highest BCUT2D eigenvalue weighted by Crippen LogP contribution is 2.33. The number of aromatic nitrogens is 4. The van der Waals surface area contributed by atoms with Crippen LogP contribution in [0.2, 0.25) is 0 Å². The van der Waals surface area contributed by atoms with E-state index in [1.54, 1.807) is 6.07 Å². The molecule has 0 aliphatic heterocycles. The summed E-state index contributed by atoms with van der Waals surface area (Å²) in [5, 5.41) is 23.6. The number of benzene rings is 1. The van der Waals surface area contributed by atoms with Gasteiger partial charge in [0.15, 0.2) is 11.6 Å². The lowest BCUT2D eigenvalue weighted by molar-refractivity contribution is -0.160. The normalized spacial score (nSPS) is 13.8. The van der Waals surface area contributed by atoms with E-state index in [1.165, 1.54) is 0 Å². The van der Waals surface area contributed by atoms with Gasteiger partial charge in [-0.3, -0.25) is 10.1 Å². The summed E-state index contributed by atoms with van der Waals surface area (Å²) in [5.41, 5.74) is -0.245. The third-order valence-corrected chi connectivity index (χ3v) is 3.55. The lowest BCUT2D eigenvalue weighted by Gasteiger charge is -2.26. The number of ketones is 1. The molecule has 0 amide bonds. The van der Waals surface area contributed by atoms with Gasteiger partial charge in [0.25, 0.3) is 0 Å². The number of halogens is 4. The van der Waals surface area contributed by atoms with Gasteiger partial charge in [-0.25, -0.2) is 4.39 Å². The average Bonchev–Trinajstić information content (AvgIpc) is 3.09. The van der Waals surface area contributed by atoms with Gasteiger partial charge >= 0.3 is 6.18 Å². The van der Waals surface area contributed by atoms with Crippen LogP contribution in [0, 0.1) is 17.1 Å². The molecular weight excluding hydrogens is 356 g/mol. The Labute approximate surface area is 145 Å². The number of tetrazole rings is 1. The van der Waals surface area contributed by atoms with Crippen molar-refractivity contribution in [2.45, 2.75) is 37.5 Å². The summed E-state index contributed by atoms with van der Waals surface area (Å²) in [6.45, 7) is 0. The van der Waals surface area contributed by atoms with Gasteiger partial charge in [-0.05, 0) is 17.7 Å². The van der Waals surface area contributed by atoms with E-state index in [-0.39, 0.29) is 30.7 Å². The fourth-order valence-electron chi connectivity index (χ4n) is 2.31. The summed E-state index contributed by atoms with van der Waals surface area (Å²) >= 11 is 0. The van der Waals surface area contributed by atoms with Crippen LogP contribution in [0.15, 0.2) is 24.3 Å². The summed E-state index contributed by atoms with van der Waals surface area (Å²) < 4.78 is 53.5. The SMILES string of the molecule is N#CCCC(=O)[C@H](Cc1nn[nH]n1)N[C@@H](c1ccc(F)cc1)C(F)(F)F. The molecule has 7 nitrogen and oxygen atoms in total. The average molecular weight is 370 g/mol. The molecule has 0 radical (unpaired) electrons. The Morgan fingerprint density at radius 1 is 1.31 bits per heavy atom. The molecule has 1 heterocycles. The summed E-state index contributed by atoms with van der Waals surface area (Å²) in [6, 6.07) is 2.07. The summed E-state index contributed by atoms with van der Waals surface area (Å²) in [6.07, 6.45) is -5.33. The monoisotopic (exact) mass is 370 g/mol. The molecule has 1 aromatic carbocycles. The van der Waals surface area contributed by atoms with Crippen LogP contribution in [-0.2, 0) is 11.2 Å². The molecule has 0 bridgehead atoms. The molecule has 0 unspecified atom stereocenters. The Bertz CT molecular complexity index is 754. The highest BCUT2D eigenvalue weighted by atomic mass is 19.4. The topological polar surface area (TPSA) is 107 Å². The number of hydrogen-bond donors (Lipinski definition) is 2. The number of carbonyl (C=O) groups is 1. The predicted octanol–water partition coefficient (Wildman–Crippen LogP) is 2.02. The smallest absolute Gasteiger partial charge is 0.298 e. The van der Waals surface area contributed by atoms with Gasteiger partial charge in [0.2, 0.25) is 0 Å². The van der Waals surface area contributed by atoms with Crippen molar-refractivity contribution in [1.29, 1.82) is 5.26 Å². The second kappa shape index (κ2) is 8.48. The van der Waals surface area contributed by atoms with E-state index >= 15 is 0 Å². The highest BCUT2D eigenvalue weighted by molar-refractivity contribution is 5.84. The van der Waals surface area contributed by atoms with Crippen molar-refractivity contribution in [3.05, 3.63) is 41.5 Å². The first kappa shape index (κ1) is 19.5. The maximum atomic E-state index is 13.5. The Kier molecular flexibility index (Phi) is 6.35. The Hall–Kier alpha value is -2.87. The maximum Gasteiger partial charge on any atom is 0.407 e. The van der Waals surface area contributed by atoms with E-state index in [0.717, 1.165) is 24.3 Å². The zero-order chi connectivity index (χ0) is 19.2. The van der Waals surface area contributed by atoms with Crippen molar-refractivity contribution in [1.82, 2.24) is 25.9 Å². The molecule has 0 fully saturated rings. The summed E-state index contributed by atoms with van der Waals surface area (Å²) in [5.74, 6) is -1.22. The fraction of sp³-hybridized carbons (Fsp3) is 0.400. The highest BCUT2D eigenvalue weighted by Gasteiger charge is 2.42. The molecule has 2 aromatic rings. The lowest BCUT2D eigenvalue weighted by Crippen LogP contribution is -2.46. The van der Waals surface area contributed by atoms with Crippen LogP contribution in [0.3, 0.4) is 0 Å². The number of hydrogen-bond acceptors (Lipinski definition) is 6. The van der Waals surface area contributed by atoms with Gasteiger partial charge in [0, 0.05) is 19.3 Å². The van der Waals surface area contributed by atoms with Crippen LogP contribution in [0.1, 0.15) is 30.3 Å². The van der Waals surface area contributed by atoms with Gasteiger partial charge in [-0.1, -0.05) is 17.3 Å². The van der Waals surface area contributed by atoms with Crippen LogP contribution >= 0.6 is 0 Å². The van der Waals surface area contributed by atoms with E-state index in [2.05, 4.69) is 25.9 Å². The largest absolute Gasteiger partial charge is 0.407 e. The molecule has 2 rings (SSSR count). The Morgan fingerprint density at radius 3 is 2.54 bits per heavy atom. The van der Waals surface area contributed by atoms with Crippen molar-refractivity contribution in [3.8, 4) is 6.07 Å². The molecule has 26 heavy (non-hydrogen) atoms. The van der Waals surface area contributed by atoms with Gasteiger partial charge in [-0.15, -0.1) is 10.2 Å². The standard InChI is InChI=1S/C15H14F4N6O/c16-10-5-3-9(4-6-10)14(15(17,18)19)21-11(12(26)2-1-7-20)8-13-22-24-25-23-13/h3-6,11,14,21H,1-2,8H2,(H,22,23,24,25)/t11-,14-/m0/s1. The molecule has 1 aromatic heterocycles. The number of nitrogens with one attached hydrogen (secondary N) is 2. The van der Waals surface area contributed by atoms with Gasteiger partial charge < -0.3 is 0 Å². The Morgan fingerprint density at radius 2 is 2.00 bits per heavy atom. The van der Waals surface area contributed by atoms with Crippen LogP contribution < -0.4 is 5.32 Å². The number of nitrogens with zero attached hydrogens (tertiary/aromatic N) is 4. The number of aromatic amines is 1. The Balaban J connectivity index is 2.27. The van der Waals surface area contributed by atoms with Crippen molar-refractivity contribution in [3.63, 3.8) is 0 Å². The second-order valence-electron chi connectivity index (χ2n) is 5.40. The molecular formula is C15H14F4N6O. The second-order valence-corrected chi connectivity index (χ2v) is 5.40. The van der Waals surface area contributed by atoms with E-state index in [1.807, 2.05) is 0 Å². The number of carbonyl (C=O) groups excluding carboxylic acids is 1. The van der Waals surface area contributed by atoms with Crippen molar-refractivity contribution < 1.29 is 22.4 Å². The molecule has 0 aliphatic rings. The van der Waals surface area contributed by atoms with E-state index < -0.39 is 29.9 Å². The first-order chi connectivity index (χ1) is 12.3. The van der Waals surface area contributed by atoms with Crippen molar-refractivity contribution in [2.75, 3.05) is 0 Å². The number of rotatable bonds is 8. The number of Topliss-reactive ketones (excluding diaryl/α,β-unsaturated/α-hetero) is 1. The quantitative estimate of drug-likeness (QED) is 0.689. The fourth-order valence-corrected chi connectivity index (χ4v) is 2.31. The molecule has 2 atom stereocenters. The predicted molar refractivity (Wildman–Crippen MR) is 79.9 cm³/mol. The number of nitriles is 1. The lowest BCUT2D eigenvalue weighted by atomic mass is 10.00. The van der Waals surface area contributed by atoms with E-state index in [0.29, 0.717) is 0 Å².